The van der Waals surface area contributed by atoms with Crippen LogP contribution in [0.1, 0.15) is 25.8 Å². The van der Waals surface area contributed by atoms with Gasteiger partial charge in [-0.2, -0.15) is 0 Å². The highest BCUT2D eigenvalue weighted by molar-refractivity contribution is 8.26. The zero-order valence-electron chi connectivity index (χ0n) is 14.7. The van der Waals surface area contributed by atoms with Gasteiger partial charge in [0.25, 0.3) is 5.91 Å². The molecule has 1 unspecified atom stereocenters. The van der Waals surface area contributed by atoms with Crippen LogP contribution in [0, 0.1) is 5.92 Å². The van der Waals surface area contributed by atoms with Gasteiger partial charge in [-0.15, -0.1) is 0 Å². The fourth-order valence-corrected chi connectivity index (χ4v) is 3.86. The highest BCUT2D eigenvalue weighted by Crippen LogP contribution is 2.35. The van der Waals surface area contributed by atoms with Gasteiger partial charge >= 0.3 is 11.9 Å². The molecule has 1 fully saturated rings. The minimum Gasteiger partial charge on any atom is -0.482 e. The topological polar surface area (TPSA) is 104 Å². The Bertz CT molecular complexity index is 805. The van der Waals surface area contributed by atoms with Gasteiger partial charge in [0.1, 0.15) is 16.1 Å². The predicted octanol–water partition coefficient (Wildman–Crippen LogP) is 2.85. The third kappa shape index (κ3) is 5.54. The average molecular weight is 409 g/mol. The van der Waals surface area contributed by atoms with Crippen LogP contribution in [0.3, 0.4) is 0 Å². The second-order valence-corrected chi connectivity index (χ2v) is 7.97. The van der Waals surface area contributed by atoms with Crippen molar-refractivity contribution >= 4 is 52.2 Å². The fraction of sp³-hybridized carbons (Fsp3) is 0.333. The van der Waals surface area contributed by atoms with E-state index < -0.39 is 30.5 Å². The number of ether oxygens (including phenoxy) is 1. The van der Waals surface area contributed by atoms with E-state index in [4.69, 9.17) is 22.1 Å². The molecule has 0 aliphatic carbocycles. The lowest BCUT2D eigenvalue weighted by atomic mass is 10.0. The first-order valence-corrected chi connectivity index (χ1v) is 9.36. The van der Waals surface area contributed by atoms with Gasteiger partial charge in [-0.3, -0.25) is 9.69 Å². The Kier molecular flexibility index (Phi) is 6.98. The molecule has 0 aromatic heterocycles. The second-order valence-electron chi connectivity index (χ2n) is 6.29. The summed E-state index contributed by atoms with van der Waals surface area (Å²) >= 11 is 6.27. The van der Waals surface area contributed by atoms with Crippen LogP contribution < -0.4 is 4.74 Å². The van der Waals surface area contributed by atoms with Crippen molar-refractivity contribution in [2.75, 3.05) is 6.61 Å². The van der Waals surface area contributed by atoms with Crippen molar-refractivity contribution in [3.8, 4) is 5.75 Å². The van der Waals surface area contributed by atoms with Crippen molar-refractivity contribution in [2.45, 2.75) is 26.3 Å². The number of aliphatic carboxylic acids is 2. The molecule has 27 heavy (non-hydrogen) atoms. The molecule has 2 N–H and O–H groups in total. The first-order valence-electron chi connectivity index (χ1n) is 8.13. The Morgan fingerprint density at radius 3 is 2.63 bits per heavy atom. The molecule has 0 saturated carbocycles. The van der Waals surface area contributed by atoms with E-state index in [1.54, 1.807) is 30.3 Å². The van der Waals surface area contributed by atoms with Gasteiger partial charge in [0.05, 0.1) is 4.91 Å². The number of nitrogens with zero attached hydrogens (tertiary/aromatic N) is 1. The lowest BCUT2D eigenvalue weighted by Crippen LogP contribution is -2.44. The Balaban J connectivity index is 2.24. The SMILES string of the molecule is CC(C)CC(C(=O)O)N1C(=O)/C(=C/c2cccc(OCC(=O)O)c2)SC1=S. The van der Waals surface area contributed by atoms with Crippen LogP contribution in [0.4, 0.5) is 0 Å². The standard InChI is InChI=1S/C18H19NO6S2/c1-10(2)6-13(17(23)24)19-16(22)14(27-18(19)26)8-11-4-3-5-12(7-11)25-9-15(20)21/h3-5,7-8,10,13H,6,9H2,1-2H3,(H,20,21)(H,23,24)/b14-8-. The first-order chi connectivity index (χ1) is 12.7. The normalized spacial score (nSPS) is 16.9. The number of amides is 1. The van der Waals surface area contributed by atoms with Gasteiger partial charge in [0.2, 0.25) is 0 Å². The molecule has 1 aliphatic heterocycles. The molecule has 1 atom stereocenters. The van der Waals surface area contributed by atoms with Crippen molar-refractivity contribution < 1.29 is 29.3 Å². The van der Waals surface area contributed by atoms with Crippen LogP contribution in [0.2, 0.25) is 0 Å². The number of carbonyl (C=O) groups is 3. The number of hydrogen-bond donors (Lipinski definition) is 2. The lowest BCUT2D eigenvalue weighted by molar-refractivity contribution is -0.145. The van der Waals surface area contributed by atoms with E-state index in [9.17, 15) is 19.5 Å². The molecule has 0 bridgehead atoms. The maximum atomic E-state index is 12.7. The predicted molar refractivity (Wildman–Crippen MR) is 105 cm³/mol. The number of thioether (sulfide) groups is 1. The quantitative estimate of drug-likeness (QED) is 0.499. The van der Waals surface area contributed by atoms with E-state index >= 15 is 0 Å². The molecular formula is C18H19NO6S2. The molecule has 144 valence electrons. The van der Waals surface area contributed by atoms with Crippen LogP contribution in [-0.4, -0.2) is 49.9 Å². The largest absolute Gasteiger partial charge is 0.482 e. The number of thiocarbonyl (C=S) groups is 1. The van der Waals surface area contributed by atoms with Gasteiger partial charge < -0.3 is 14.9 Å². The Morgan fingerprint density at radius 2 is 2.04 bits per heavy atom. The molecule has 0 spiro atoms. The van der Waals surface area contributed by atoms with E-state index in [2.05, 4.69) is 0 Å². The van der Waals surface area contributed by atoms with Crippen molar-refractivity contribution in [3.05, 3.63) is 34.7 Å². The maximum absolute atomic E-state index is 12.7. The molecule has 1 heterocycles. The summed E-state index contributed by atoms with van der Waals surface area (Å²) in [6, 6.07) is 5.59. The maximum Gasteiger partial charge on any atom is 0.341 e. The number of hydrogen-bond acceptors (Lipinski definition) is 6. The van der Waals surface area contributed by atoms with E-state index in [1.807, 2.05) is 13.8 Å². The Labute approximate surface area is 166 Å². The number of carbonyl (C=O) groups excluding carboxylic acids is 1. The number of carboxylic acid groups (broad SMARTS) is 2. The highest BCUT2D eigenvalue weighted by atomic mass is 32.2. The van der Waals surface area contributed by atoms with Crippen LogP contribution in [0.5, 0.6) is 5.75 Å². The Morgan fingerprint density at radius 1 is 1.33 bits per heavy atom. The van der Waals surface area contributed by atoms with Crippen molar-refractivity contribution in [1.29, 1.82) is 0 Å². The average Bonchev–Trinajstić information content (AvgIpc) is 2.84. The molecule has 1 aromatic rings. The van der Waals surface area contributed by atoms with Crippen molar-refractivity contribution in [3.63, 3.8) is 0 Å². The highest BCUT2D eigenvalue weighted by Gasteiger charge is 2.40. The molecule has 1 saturated heterocycles. The van der Waals surface area contributed by atoms with Gasteiger partial charge in [-0.05, 0) is 36.1 Å². The van der Waals surface area contributed by atoms with Gasteiger partial charge in [0, 0.05) is 0 Å². The van der Waals surface area contributed by atoms with Gasteiger partial charge in [0.15, 0.2) is 6.61 Å². The molecule has 1 aromatic carbocycles. The monoisotopic (exact) mass is 409 g/mol. The minimum absolute atomic E-state index is 0.0859. The summed E-state index contributed by atoms with van der Waals surface area (Å²) in [5.41, 5.74) is 0.620. The lowest BCUT2D eigenvalue weighted by Gasteiger charge is -2.24. The van der Waals surface area contributed by atoms with Crippen molar-refractivity contribution in [1.82, 2.24) is 4.90 Å². The van der Waals surface area contributed by atoms with Crippen LogP contribution >= 0.6 is 24.0 Å². The van der Waals surface area contributed by atoms with Gasteiger partial charge in [-0.1, -0.05) is 50.0 Å². The first kappa shape index (κ1) is 20.9. The fourth-order valence-electron chi connectivity index (χ4n) is 2.50. The van der Waals surface area contributed by atoms with E-state index in [0.717, 1.165) is 16.7 Å². The summed E-state index contributed by atoms with van der Waals surface area (Å²) in [5, 5.41) is 18.2. The van der Waals surface area contributed by atoms with Gasteiger partial charge in [-0.25, -0.2) is 9.59 Å². The summed E-state index contributed by atoms with van der Waals surface area (Å²) in [6.45, 7) is 3.29. The molecule has 1 aliphatic rings. The van der Waals surface area contributed by atoms with E-state index in [1.165, 1.54) is 0 Å². The Hall–Kier alpha value is -2.39. The molecule has 9 heteroatoms. The summed E-state index contributed by atoms with van der Waals surface area (Å²) in [4.78, 5) is 36.4. The summed E-state index contributed by atoms with van der Waals surface area (Å²) in [7, 11) is 0. The van der Waals surface area contributed by atoms with Crippen LogP contribution in [0.15, 0.2) is 29.2 Å². The third-order valence-electron chi connectivity index (χ3n) is 3.63. The van der Waals surface area contributed by atoms with Crippen LogP contribution in [0.25, 0.3) is 6.08 Å². The molecule has 7 nitrogen and oxygen atoms in total. The third-order valence-corrected chi connectivity index (χ3v) is 4.96. The summed E-state index contributed by atoms with van der Waals surface area (Å²) < 4.78 is 5.33. The van der Waals surface area contributed by atoms with Crippen LogP contribution in [-0.2, 0) is 14.4 Å². The minimum atomic E-state index is -1.09. The molecule has 1 amide bonds. The number of rotatable bonds is 8. The second kappa shape index (κ2) is 9.01. The van der Waals surface area contributed by atoms with E-state index in [-0.39, 0.29) is 10.2 Å². The molecule has 0 radical (unpaired) electrons. The molecule has 2 rings (SSSR count). The molecular weight excluding hydrogens is 390 g/mol. The number of carboxylic acids is 2. The number of benzene rings is 1. The van der Waals surface area contributed by atoms with Crippen molar-refractivity contribution in [2.24, 2.45) is 5.92 Å². The zero-order chi connectivity index (χ0) is 20.1. The van der Waals surface area contributed by atoms with E-state index in [0.29, 0.717) is 22.6 Å². The summed E-state index contributed by atoms with van der Waals surface area (Å²) in [5.74, 6) is -2.20. The smallest absolute Gasteiger partial charge is 0.341 e. The zero-order valence-corrected chi connectivity index (χ0v) is 16.4. The summed E-state index contributed by atoms with van der Waals surface area (Å²) in [6.07, 6.45) is 1.88.